The monoisotopic (exact) mass is 165 g/mol. The second-order valence-electron chi connectivity index (χ2n) is 2.08. The van der Waals surface area contributed by atoms with Crippen molar-refractivity contribution in [3.05, 3.63) is 35.4 Å². The number of rotatable bonds is 0. The van der Waals surface area contributed by atoms with Crippen molar-refractivity contribution in [1.29, 1.82) is 5.41 Å². The summed E-state index contributed by atoms with van der Waals surface area (Å²) in [7, 11) is 0. The third-order valence-electron chi connectivity index (χ3n) is 1.43. The largest absolute Gasteiger partial charge is 0.317 e. The van der Waals surface area contributed by atoms with Crippen LogP contribution in [0.4, 0.5) is 0 Å². The van der Waals surface area contributed by atoms with E-state index in [1.54, 1.807) is 0 Å². The van der Waals surface area contributed by atoms with Gasteiger partial charge in [-0.05, 0) is 31.7 Å². The Hall–Kier alpha value is -1.11. The topological polar surface area (TPSA) is 23.9 Å². The first-order valence-electron chi connectivity index (χ1n) is 4.18. The van der Waals surface area contributed by atoms with Crippen molar-refractivity contribution in [1.82, 2.24) is 0 Å². The predicted molar refractivity (Wildman–Crippen MR) is 57.1 cm³/mol. The first-order valence-corrected chi connectivity index (χ1v) is 4.18. The molecular weight excluding hydrogens is 146 g/mol. The quantitative estimate of drug-likeness (QED) is 0.568. The first-order chi connectivity index (χ1) is 5.80. The Balaban J connectivity index is 0. The van der Waals surface area contributed by atoms with E-state index >= 15 is 0 Å². The van der Waals surface area contributed by atoms with Gasteiger partial charge >= 0.3 is 0 Å². The van der Waals surface area contributed by atoms with Crippen LogP contribution in [0.1, 0.15) is 25.0 Å². The maximum Gasteiger partial charge on any atom is -0.0187 e. The molecule has 1 rings (SSSR count). The highest BCUT2D eigenvalue weighted by Crippen LogP contribution is 2.02. The van der Waals surface area contributed by atoms with Crippen molar-refractivity contribution < 1.29 is 0 Å². The van der Waals surface area contributed by atoms with Crippen LogP contribution in [0.25, 0.3) is 0 Å². The second kappa shape index (κ2) is 9.89. The summed E-state index contributed by atoms with van der Waals surface area (Å²) in [6.07, 6.45) is 0. The van der Waals surface area contributed by atoms with Gasteiger partial charge < -0.3 is 5.41 Å². The van der Waals surface area contributed by atoms with E-state index in [4.69, 9.17) is 5.41 Å². The molecule has 0 saturated carbocycles. The van der Waals surface area contributed by atoms with Crippen LogP contribution in [-0.2, 0) is 0 Å². The molecular formula is C11H19N. The fourth-order valence-electron chi connectivity index (χ4n) is 0.663. The maximum atomic E-state index is 5.50. The highest BCUT2D eigenvalue weighted by molar-refractivity contribution is 5.23. The molecule has 0 radical (unpaired) electrons. The number of nitrogens with one attached hydrogen (secondary N) is 1. The number of benzene rings is 1. The average Bonchev–Trinajstić information content (AvgIpc) is 2.17. The summed E-state index contributed by atoms with van der Waals surface area (Å²) in [5.41, 5.74) is 2.74. The summed E-state index contributed by atoms with van der Waals surface area (Å²) in [5.74, 6) is 0. The molecule has 0 atom stereocenters. The molecule has 0 aliphatic carbocycles. The van der Waals surface area contributed by atoms with Crippen molar-refractivity contribution in [2.75, 3.05) is 0 Å². The van der Waals surface area contributed by atoms with Gasteiger partial charge in [-0.25, -0.2) is 0 Å². The van der Waals surface area contributed by atoms with E-state index in [-0.39, 0.29) is 0 Å². The summed E-state index contributed by atoms with van der Waals surface area (Å²) >= 11 is 0. The van der Waals surface area contributed by atoms with Crippen molar-refractivity contribution in [2.45, 2.75) is 27.7 Å². The molecule has 0 amide bonds. The minimum atomic E-state index is 1.37. The van der Waals surface area contributed by atoms with Crippen molar-refractivity contribution >= 4 is 6.72 Å². The Morgan fingerprint density at radius 3 is 1.33 bits per heavy atom. The van der Waals surface area contributed by atoms with E-state index in [0.717, 1.165) is 0 Å². The van der Waals surface area contributed by atoms with Gasteiger partial charge in [0.1, 0.15) is 0 Å². The fraction of sp³-hybridized carbons (Fsp3) is 0.364. The van der Waals surface area contributed by atoms with Gasteiger partial charge in [-0.1, -0.05) is 38.1 Å². The SMILES string of the molecule is C=N.CC.Cc1ccccc1C. The van der Waals surface area contributed by atoms with Crippen LogP contribution in [0.3, 0.4) is 0 Å². The lowest BCUT2D eigenvalue weighted by Crippen LogP contribution is -1.74. The highest BCUT2D eigenvalue weighted by Gasteiger charge is 1.83. The summed E-state index contributed by atoms with van der Waals surface area (Å²) in [4.78, 5) is 0. The molecule has 0 aliphatic rings. The predicted octanol–water partition coefficient (Wildman–Crippen LogP) is 3.60. The van der Waals surface area contributed by atoms with Crippen LogP contribution in [0.15, 0.2) is 24.3 Å². The molecule has 0 fully saturated rings. The van der Waals surface area contributed by atoms with Crippen LogP contribution in [-0.4, -0.2) is 6.72 Å². The zero-order valence-electron chi connectivity index (χ0n) is 8.52. The van der Waals surface area contributed by atoms with Gasteiger partial charge in [-0.15, -0.1) is 0 Å². The van der Waals surface area contributed by atoms with E-state index in [2.05, 4.69) is 44.8 Å². The normalized spacial score (nSPS) is 7.00. The minimum absolute atomic E-state index is 1.37. The molecule has 1 aromatic carbocycles. The Kier molecular flexibility index (Phi) is 11.1. The Bertz CT molecular complexity index is 173. The van der Waals surface area contributed by atoms with Crippen LogP contribution < -0.4 is 0 Å². The van der Waals surface area contributed by atoms with Crippen LogP contribution in [0.2, 0.25) is 0 Å². The first kappa shape index (κ1) is 13.5. The van der Waals surface area contributed by atoms with Gasteiger partial charge in [0, 0.05) is 0 Å². The van der Waals surface area contributed by atoms with Crippen molar-refractivity contribution in [3.63, 3.8) is 0 Å². The lowest BCUT2D eigenvalue weighted by molar-refractivity contribution is 1.34. The Morgan fingerprint density at radius 1 is 0.917 bits per heavy atom. The third-order valence-corrected chi connectivity index (χ3v) is 1.43. The van der Waals surface area contributed by atoms with E-state index in [9.17, 15) is 0 Å². The number of hydrogen-bond donors (Lipinski definition) is 1. The molecule has 0 saturated heterocycles. The maximum absolute atomic E-state index is 5.50. The van der Waals surface area contributed by atoms with Crippen LogP contribution in [0, 0.1) is 19.3 Å². The Morgan fingerprint density at radius 2 is 1.17 bits per heavy atom. The standard InChI is InChI=1S/C8H10.C2H6.CH3N/c1-7-5-3-4-6-8(7)2;2*1-2/h3-6H,1-2H3;1-2H3;2H,1H2. The average molecular weight is 165 g/mol. The molecule has 1 aromatic rings. The lowest BCUT2D eigenvalue weighted by atomic mass is 10.1. The van der Waals surface area contributed by atoms with E-state index < -0.39 is 0 Å². The number of hydrogen-bond acceptors (Lipinski definition) is 1. The van der Waals surface area contributed by atoms with E-state index in [0.29, 0.717) is 0 Å². The van der Waals surface area contributed by atoms with Crippen molar-refractivity contribution in [3.8, 4) is 0 Å². The van der Waals surface area contributed by atoms with Crippen LogP contribution in [0.5, 0.6) is 0 Å². The van der Waals surface area contributed by atoms with Gasteiger partial charge in [-0.2, -0.15) is 0 Å². The van der Waals surface area contributed by atoms with Crippen LogP contribution >= 0.6 is 0 Å². The van der Waals surface area contributed by atoms with Gasteiger partial charge in [0.25, 0.3) is 0 Å². The molecule has 1 heteroatoms. The van der Waals surface area contributed by atoms with Gasteiger partial charge in [0.15, 0.2) is 0 Å². The molecule has 0 unspecified atom stereocenters. The van der Waals surface area contributed by atoms with E-state index in [1.165, 1.54) is 11.1 Å². The summed E-state index contributed by atoms with van der Waals surface area (Å²) in [5, 5.41) is 5.50. The lowest BCUT2D eigenvalue weighted by Gasteiger charge is -1.93. The summed E-state index contributed by atoms with van der Waals surface area (Å²) < 4.78 is 0. The molecule has 12 heavy (non-hydrogen) atoms. The highest BCUT2D eigenvalue weighted by atomic mass is 14.2. The molecule has 0 heterocycles. The molecule has 0 bridgehead atoms. The molecule has 1 nitrogen and oxygen atoms in total. The third kappa shape index (κ3) is 5.66. The van der Waals surface area contributed by atoms with Crippen molar-refractivity contribution in [2.24, 2.45) is 0 Å². The zero-order chi connectivity index (χ0) is 9.98. The van der Waals surface area contributed by atoms with Gasteiger partial charge in [0.05, 0.1) is 0 Å². The van der Waals surface area contributed by atoms with Gasteiger partial charge in [-0.3, -0.25) is 0 Å². The molecule has 0 aliphatic heterocycles. The Labute approximate surface area is 76.0 Å². The smallest absolute Gasteiger partial charge is 0.0187 e. The summed E-state index contributed by atoms with van der Waals surface area (Å²) in [6, 6.07) is 8.36. The van der Waals surface area contributed by atoms with E-state index in [1.807, 2.05) is 13.8 Å². The molecule has 68 valence electrons. The molecule has 0 aromatic heterocycles. The number of aryl methyl sites for hydroxylation is 2. The fourth-order valence-corrected chi connectivity index (χ4v) is 0.663. The van der Waals surface area contributed by atoms with Gasteiger partial charge in [0.2, 0.25) is 0 Å². The zero-order valence-corrected chi connectivity index (χ0v) is 8.52. The second-order valence-corrected chi connectivity index (χ2v) is 2.08. The molecule has 1 N–H and O–H groups in total. The summed E-state index contributed by atoms with van der Waals surface area (Å²) in [6.45, 7) is 10.7. The molecule has 0 spiro atoms. The minimum Gasteiger partial charge on any atom is -0.317 e.